The van der Waals surface area contributed by atoms with Gasteiger partial charge in [0.1, 0.15) is 12.2 Å². The van der Waals surface area contributed by atoms with E-state index in [1.807, 2.05) is 26.0 Å². The van der Waals surface area contributed by atoms with Gasteiger partial charge in [0, 0.05) is 18.1 Å². The topological polar surface area (TPSA) is 81.9 Å². The highest BCUT2D eigenvalue weighted by molar-refractivity contribution is 5.79. The number of hydrogen-bond donors (Lipinski definition) is 1. The molecule has 0 aromatic carbocycles. The van der Waals surface area contributed by atoms with Gasteiger partial charge in [0.25, 0.3) is 0 Å². The van der Waals surface area contributed by atoms with Crippen LogP contribution < -0.4 is 5.32 Å². The molecule has 0 spiro atoms. The van der Waals surface area contributed by atoms with Crippen molar-refractivity contribution in [3.63, 3.8) is 0 Å². The molecule has 2 atom stereocenters. The predicted octanol–water partition coefficient (Wildman–Crippen LogP) is 1.77. The van der Waals surface area contributed by atoms with Crippen LogP contribution in [0.4, 0.5) is 5.95 Å². The molecule has 1 aliphatic rings. The molecule has 2 unspecified atom stereocenters. The molecule has 22 heavy (non-hydrogen) atoms. The fourth-order valence-electron chi connectivity index (χ4n) is 2.57. The van der Waals surface area contributed by atoms with Crippen LogP contribution in [0.3, 0.4) is 0 Å². The lowest BCUT2D eigenvalue weighted by molar-refractivity contribution is -0.152. The Labute approximate surface area is 128 Å². The van der Waals surface area contributed by atoms with Gasteiger partial charge in [-0.3, -0.25) is 9.78 Å². The van der Waals surface area contributed by atoms with Crippen molar-refractivity contribution in [3.05, 3.63) is 48.7 Å². The minimum Gasteiger partial charge on any atom is -0.462 e. The van der Waals surface area contributed by atoms with Crippen LogP contribution >= 0.6 is 0 Å². The maximum Gasteiger partial charge on any atom is 0.317 e. The summed E-state index contributed by atoms with van der Waals surface area (Å²) in [5, 5.41) is 7.26. The van der Waals surface area contributed by atoms with Crippen LogP contribution in [0, 0.1) is 5.92 Å². The molecule has 3 rings (SSSR count). The summed E-state index contributed by atoms with van der Waals surface area (Å²) in [6.07, 6.45) is 4.61. The van der Waals surface area contributed by atoms with Crippen molar-refractivity contribution >= 4 is 11.9 Å². The van der Waals surface area contributed by atoms with Gasteiger partial charge in [0.05, 0.1) is 12.1 Å². The van der Waals surface area contributed by atoms with E-state index in [0.717, 1.165) is 5.56 Å². The van der Waals surface area contributed by atoms with E-state index >= 15 is 0 Å². The molecule has 114 valence electrons. The van der Waals surface area contributed by atoms with Crippen LogP contribution in [0.2, 0.25) is 0 Å². The molecule has 3 heterocycles. The van der Waals surface area contributed by atoms with Crippen LogP contribution in [0.5, 0.6) is 0 Å². The van der Waals surface area contributed by atoms with Gasteiger partial charge in [-0.05, 0) is 31.5 Å². The number of nitrogens with one attached hydrogen (secondary N) is 1. The summed E-state index contributed by atoms with van der Waals surface area (Å²) in [6, 6.07) is 3.34. The number of carbonyl (C=O) groups excluding carboxylic acids is 1. The Hall–Kier alpha value is -2.70. The monoisotopic (exact) mass is 299 g/mol. The fourth-order valence-corrected chi connectivity index (χ4v) is 2.57. The maximum absolute atomic E-state index is 12.5. The summed E-state index contributed by atoms with van der Waals surface area (Å²) in [6.45, 7) is 7.61. The highest BCUT2D eigenvalue weighted by Gasteiger charge is 2.40. The first-order chi connectivity index (χ1) is 10.6. The number of carbonyl (C=O) groups is 1. The van der Waals surface area contributed by atoms with Gasteiger partial charge in [0.15, 0.2) is 0 Å². The summed E-state index contributed by atoms with van der Waals surface area (Å²) in [4.78, 5) is 20.7. The molecule has 0 bridgehead atoms. The van der Waals surface area contributed by atoms with Gasteiger partial charge in [-0.2, -0.15) is 10.1 Å². The number of pyridine rings is 1. The summed E-state index contributed by atoms with van der Waals surface area (Å²) in [5.41, 5.74) is 1.45. The third-order valence-corrected chi connectivity index (χ3v) is 3.45. The molecule has 0 fully saturated rings. The zero-order valence-electron chi connectivity index (χ0n) is 12.4. The molecule has 2 aromatic rings. The summed E-state index contributed by atoms with van der Waals surface area (Å²) < 4.78 is 7.06. The van der Waals surface area contributed by atoms with E-state index < -0.39 is 5.92 Å². The minimum atomic E-state index is -0.584. The summed E-state index contributed by atoms with van der Waals surface area (Å²) >= 11 is 0. The molecule has 7 nitrogen and oxygen atoms in total. The average Bonchev–Trinajstić information content (AvgIpc) is 2.93. The Bertz CT molecular complexity index is 695. The molecule has 1 N–H and O–H groups in total. The van der Waals surface area contributed by atoms with Gasteiger partial charge in [-0.15, -0.1) is 0 Å². The van der Waals surface area contributed by atoms with Crippen LogP contribution in [-0.4, -0.2) is 31.8 Å². The molecule has 7 heteroatoms. The predicted molar refractivity (Wildman–Crippen MR) is 79.9 cm³/mol. The highest BCUT2D eigenvalue weighted by atomic mass is 16.5. The van der Waals surface area contributed by atoms with E-state index in [4.69, 9.17) is 4.74 Å². The van der Waals surface area contributed by atoms with E-state index in [-0.39, 0.29) is 18.1 Å². The zero-order chi connectivity index (χ0) is 15.7. The second kappa shape index (κ2) is 5.59. The molecule has 0 saturated heterocycles. The first-order valence-electron chi connectivity index (χ1n) is 7.03. The van der Waals surface area contributed by atoms with E-state index in [0.29, 0.717) is 11.6 Å². The molecule has 0 radical (unpaired) electrons. The van der Waals surface area contributed by atoms with Crippen molar-refractivity contribution in [2.45, 2.75) is 26.0 Å². The molecule has 1 aliphatic heterocycles. The normalized spacial score (nSPS) is 20.4. The average molecular weight is 299 g/mol. The summed E-state index contributed by atoms with van der Waals surface area (Å²) in [5.74, 6) is -0.366. The van der Waals surface area contributed by atoms with Crippen molar-refractivity contribution in [2.75, 3.05) is 5.32 Å². The standard InChI is InChI=1S/C15H17N5O2/c1-9(2)22-14(21)12-10(3)19-15-17-8-18-20(15)13(12)11-4-6-16-7-5-11/h4-9,12-13H,3H2,1-2H3,(H,17,18,19). The number of fused-ring (bicyclic) bond motifs is 1. The van der Waals surface area contributed by atoms with Gasteiger partial charge < -0.3 is 10.1 Å². The van der Waals surface area contributed by atoms with Crippen molar-refractivity contribution < 1.29 is 9.53 Å². The third kappa shape index (κ3) is 2.45. The molecule has 0 amide bonds. The Morgan fingerprint density at radius 3 is 2.82 bits per heavy atom. The SMILES string of the molecule is C=C1Nc2ncnn2C(c2ccncc2)C1C(=O)OC(C)C. The Morgan fingerprint density at radius 2 is 2.14 bits per heavy atom. The lowest BCUT2D eigenvalue weighted by Crippen LogP contribution is -2.38. The Kier molecular flexibility index (Phi) is 3.62. The molecular weight excluding hydrogens is 282 g/mol. The van der Waals surface area contributed by atoms with Gasteiger partial charge in [0.2, 0.25) is 5.95 Å². The number of ether oxygens (including phenoxy) is 1. The highest BCUT2D eigenvalue weighted by Crippen LogP contribution is 2.37. The fraction of sp³-hybridized carbons (Fsp3) is 0.333. The first-order valence-corrected chi connectivity index (χ1v) is 7.03. The quantitative estimate of drug-likeness (QED) is 0.870. The van der Waals surface area contributed by atoms with E-state index in [1.165, 1.54) is 6.33 Å². The third-order valence-electron chi connectivity index (χ3n) is 3.45. The first kappa shape index (κ1) is 14.2. The second-order valence-electron chi connectivity index (χ2n) is 5.37. The van der Waals surface area contributed by atoms with Gasteiger partial charge >= 0.3 is 5.97 Å². The van der Waals surface area contributed by atoms with Crippen molar-refractivity contribution in [3.8, 4) is 0 Å². The van der Waals surface area contributed by atoms with Crippen LogP contribution in [0.25, 0.3) is 0 Å². The molecule has 0 saturated carbocycles. The number of hydrogen-bond acceptors (Lipinski definition) is 6. The Balaban J connectivity index is 2.06. The molecule has 0 aliphatic carbocycles. The molecule has 2 aromatic heterocycles. The zero-order valence-corrected chi connectivity index (χ0v) is 12.4. The van der Waals surface area contributed by atoms with Gasteiger partial charge in [-0.1, -0.05) is 6.58 Å². The lowest BCUT2D eigenvalue weighted by atomic mass is 9.90. The van der Waals surface area contributed by atoms with Gasteiger partial charge in [-0.25, -0.2) is 4.68 Å². The Morgan fingerprint density at radius 1 is 1.41 bits per heavy atom. The largest absolute Gasteiger partial charge is 0.462 e. The second-order valence-corrected chi connectivity index (χ2v) is 5.37. The van der Waals surface area contributed by atoms with E-state index in [9.17, 15) is 4.79 Å². The van der Waals surface area contributed by atoms with Crippen LogP contribution in [0.1, 0.15) is 25.5 Å². The van der Waals surface area contributed by atoms with Crippen molar-refractivity contribution in [2.24, 2.45) is 5.92 Å². The summed E-state index contributed by atoms with van der Waals surface area (Å²) in [7, 11) is 0. The van der Waals surface area contributed by atoms with E-state index in [1.54, 1.807) is 17.1 Å². The maximum atomic E-state index is 12.5. The van der Waals surface area contributed by atoms with Crippen LogP contribution in [0.15, 0.2) is 43.1 Å². The van der Waals surface area contributed by atoms with Crippen molar-refractivity contribution in [1.29, 1.82) is 0 Å². The number of esters is 1. The number of rotatable bonds is 3. The number of nitrogens with zero attached hydrogens (tertiary/aromatic N) is 4. The lowest BCUT2D eigenvalue weighted by Gasteiger charge is -2.33. The van der Waals surface area contributed by atoms with E-state index in [2.05, 4.69) is 27.0 Å². The minimum absolute atomic E-state index is 0.199. The smallest absolute Gasteiger partial charge is 0.317 e. The van der Waals surface area contributed by atoms with Crippen LogP contribution in [-0.2, 0) is 9.53 Å². The molecular formula is C15H17N5O2. The number of anilines is 1. The number of aromatic nitrogens is 4. The van der Waals surface area contributed by atoms with Crippen molar-refractivity contribution in [1.82, 2.24) is 19.7 Å².